The number of benzene rings is 1. The molecule has 1 aromatic carbocycles. The SMILES string of the molecule is C#CCOc1c(F)c(F)c(/C(=C2/C=CC=N2)c2cccn2B(F)F)c(F)c1F. The topological polar surface area (TPSA) is 26.5 Å². The Morgan fingerprint density at radius 3 is 2.36 bits per heavy atom. The first-order valence-electron chi connectivity index (χ1n) is 7.71. The van der Waals surface area contributed by atoms with E-state index in [0.717, 1.165) is 12.3 Å². The van der Waals surface area contributed by atoms with Crippen molar-refractivity contribution < 1.29 is 30.9 Å². The first kappa shape index (κ1) is 19.4. The molecule has 3 nitrogen and oxygen atoms in total. The van der Waals surface area contributed by atoms with E-state index in [1.807, 2.05) is 5.92 Å². The van der Waals surface area contributed by atoms with Gasteiger partial charge in [0.05, 0.1) is 11.3 Å². The van der Waals surface area contributed by atoms with Crippen molar-refractivity contribution in [3.63, 3.8) is 0 Å². The molecule has 3 rings (SSSR count). The number of terminal acetylenes is 1. The van der Waals surface area contributed by atoms with Gasteiger partial charge in [0.1, 0.15) is 6.61 Å². The van der Waals surface area contributed by atoms with Crippen molar-refractivity contribution in [2.45, 2.75) is 0 Å². The summed E-state index contributed by atoms with van der Waals surface area (Å²) in [7, 11) is -3.07. The Labute approximate surface area is 155 Å². The maximum Gasteiger partial charge on any atom is 0.677 e. The molecular formula is C18H9BF6N2O. The second-order valence-corrected chi connectivity index (χ2v) is 5.43. The van der Waals surface area contributed by atoms with Gasteiger partial charge in [-0.1, -0.05) is 5.92 Å². The van der Waals surface area contributed by atoms with Crippen molar-refractivity contribution >= 4 is 19.2 Å². The summed E-state index contributed by atoms with van der Waals surface area (Å²) >= 11 is 0. The zero-order valence-corrected chi connectivity index (χ0v) is 13.9. The van der Waals surface area contributed by atoms with Crippen LogP contribution in [-0.2, 0) is 0 Å². The van der Waals surface area contributed by atoms with E-state index in [1.54, 1.807) is 0 Å². The summed E-state index contributed by atoms with van der Waals surface area (Å²) in [5, 5.41) is 0. The number of ether oxygens (including phenoxy) is 1. The molecule has 0 saturated carbocycles. The molecular weight excluding hydrogens is 385 g/mol. The lowest BCUT2D eigenvalue weighted by molar-refractivity contribution is 0.305. The fourth-order valence-electron chi connectivity index (χ4n) is 2.68. The monoisotopic (exact) mass is 394 g/mol. The molecule has 0 fully saturated rings. The van der Waals surface area contributed by atoms with Crippen LogP contribution in [0.2, 0.25) is 0 Å². The van der Waals surface area contributed by atoms with Gasteiger partial charge in [0.2, 0.25) is 11.6 Å². The van der Waals surface area contributed by atoms with Gasteiger partial charge in [-0.3, -0.25) is 13.6 Å². The van der Waals surface area contributed by atoms with Crippen LogP contribution in [0.15, 0.2) is 41.2 Å². The Morgan fingerprint density at radius 2 is 1.82 bits per heavy atom. The van der Waals surface area contributed by atoms with E-state index in [-0.39, 0.29) is 11.4 Å². The van der Waals surface area contributed by atoms with E-state index >= 15 is 0 Å². The molecule has 0 N–H and O–H groups in total. The fraction of sp³-hybridized carbons (Fsp3) is 0.0556. The standard InChI is InChI=1S/C18H9BF6N2O/c1-2-9-28-18-16(22)14(20)13(15(21)17(18)23)12(10-5-3-7-26-10)11-6-4-8-27(11)19(24)25/h1,3-8H,9H2/b12-10-. The van der Waals surface area contributed by atoms with Gasteiger partial charge < -0.3 is 9.21 Å². The van der Waals surface area contributed by atoms with Crippen molar-refractivity contribution in [2.24, 2.45) is 4.99 Å². The van der Waals surface area contributed by atoms with Crippen LogP contribution in [0.5, 0.6) is 5.75 Å². The number of aliphatic imine (C=N–C) groups is 1. The van der Waals surface area contributed by atoms with E-state index < -0.39 is 54.2 Å². The Bertz CT molecular complexity index is 1020. The number of hydrogen-bond acceptors (Lipinski definition) is 2. The molecule has 0 unspecified atom stereocenters. The van der Waals surface area contributed by atoms with Crippen LogP contribution >= 0.6 is 0 Å². The Balaban J connectivity index is 2.34. The van der Waals surface area contributed by atoms with Crippen LogP contribution in [0.25, 0.3) is 5.57 Å². The highest BCUT2D eigenvalue weighted by Crippen LogP contribution is 2.38. The summed E-state index contributed by atoms with van der Waals surface area (Å²) in [6.45, 7) is -0.638. The van der Waals surface area contributed by atoms with E-state index in [1.165, 1.54) is 24.4 Å². The fourth-order valence-corrected chi connectivity index (χ4v) is 2.68. The normalized spacial score (nSPS) is 14.3. The highest BCUT2D eigenvalue weighted by atomic mass is 19.2. The average molecular weight is 394 g/mol. The molecule has 0 atom stereocenters. The largest absolute Gasteiger partial charge is 0.677 e. The van der Waals surface area contributed by atoms with Gasteiger partial charge in [0, 0.05) is 17.5 Å². The third-order valence-electron chi connectivity index (χ3n) is 3.83. The highest BCUT2D eigenvalue weighted by Gasteiger charge is 2.33. The summed E-state index contributed by atoms with van der Waals surface area (Å²) in [6, 6.07) is 2.31. The maximum atomic E-state index is 14.7. The van der Waals surface area contributed by atoms with Gasteiger partial charge in [-0.25, -0.2) is 8.78 Å². The summed E-state index contributed by atoms with van der Waals surface area (Å²) in [5.74, 6) is -6.77. The third-order valence-corrected chi connectivity index (χ3v) is 3.83. The number of rotatable bonds is 5. The molecule has 1 aromatic heterocycles. The second-order valence-electron chi connectivity index (χ2n) is 5.43. The molecule has 1 aliphatic rings. The summed E-state index contributed by atoms with van der Waals surface area (Å²) in [4.78, 5) is 3.83. The van der Waals surface area contributed by atoms with E-state index in [9.17, 15) is 26.2 Å². The first-order chi connectivity index (χ1) is 13.4. The second kappa shape index (κ2) is 7.72. The van der Waals surface area contributed by atoms with Crippen molar-refractivity contribution in [1.29, 1.82) is 0 Å². The molecule has 1 aliphatic heterocycles. The highest BCUT2D eigenvalue weighted by molar-refractivity contribution is 6.41. The Kier molecular flexibility index (Phi) is 5.35. The van der Waals surface area contributed by atoms with Gasteiger partial charge in [-0.2, -0.15) is 8.78 Å². The van der Waals surface area contributed by atoms with Crippen LogP contribution < -0.4 is 4.74 Å². The molecule has 2 heterocycles. The average Bonchev–Trinajstić information content (AvgIpc) is 3.35. The molecule has 0 amide bonds. The summed E-state index contributed by atoms with van der Waals surface area (Å²) in [5.41, 5.74) is -2.29. The number of aromatic nitrogens is 1. The first-order valence-corrected chi connectivity index (χ1v) is 7.71. The smallest absolute Gasteiger partial charge is 0.475 e. The van der Waals surface area contributed by atoms with Crippen molar-refractivity contribution in [3.8, 4) is 18.1 Å². The van der Waals surface area contributed by atoms with Crippen LogP contribution in [0, 0.1) is 35.6 Å². The van der Waals surface area contributed by atoms with Gasteiger partial charge >= 0.3 is 7.40 Å². The van der Waals surface area contributed by atoms with Crippen LogP contribution in [0.4, 0.5) is 26.2 Å². The lowest BCUT2D eigenvalue weighted by atomic mass is 9.97. The van der Waals surface area contributed by atoms with E-state index in [2.05, 4.69) is 9.73 Å². The Hall–Kier alpha value is -3.35. The van der Waals surface area contributed by atoms with Gasteiger partial charge in [-0.05, 0) is 30.5 Å². The predicted octanol–water partition coefficient (Wildman–Crippen LogP) is 4.23. The van der Waals surface area contributed by atoms with Crippen molar-refractivity contribution in [3.05, 3.63) is 70.7 Å². The zero-order valence-electron chi connectivity index (χ0n) is 13.9. The molecule has 142 valence electrons. The lowest BCUT2D eigenvalue weighted by Crippen LogP contribution is -2.17. The Morgan fingerprint density at radius 1 is 1.14 bits per heavy atom. The van der Waals surface area contributed by atoms with Crippen LogP contribution in [0.1, 0.15) is 11.3 Å². The van der Waals surface area contributed by atoms with Gasteiger partial charge in [0.25, 0.3) is 0 Å². The van der Waals surface area contributed by atoms with Gasteiger partial charge in [-0.15, -0.1) is 6.42 Å². The number of halogens is 6. The molecule has 0 spiro atoms. The van der Waals surface area contributed by atoms with Crippen LogP contribution in [0.3, 0.4) is 0 Å². The quantitative estimate of drug-likeness (QED) is 0.323. The van der Waals surface area contributed by atoms with Gasteiger partial charge in [0.15, 0.2) is 17.4 Å². The number of hydrogen-bond donors (Lipinski definition) is 0. The minimum absolute atomic E-state index is 0.158. The molecule has 0 aliphatic carbocycles. The van der Waals surface area contributed by atoms with Crippen LogP contribution in [-0.4, -0.2) is 24.7 Å². The molecule has 28 heavy (non-hydrogen) atoms. The molecule has 2 aromatic rings. The summed E-state index contributed by atoms with van der Waals surface area (Å²) in [6.07, 6.45) is 9.73. The van der Waals surface area contributed by atoms with E-state index in [4.69, 9.17) is 6.42 Å². The lowest BCUT2D eigenvalue weighted by Gasteiger charge is -2.17. The molecule has 0 bridgehead atoms. The summed E-state index contributed by atoms with van der Waals surface area (Å²) < 4.78 is 89.7. The van der Waals surface area contributed by atoms with Crippen molar-refractivity contribution in [1.82, 2.24) is 4.48 Å². The zero-order chi connectivity index (χ0) is 20.4. The number of allylic oxidation sites excluding steroid dienone is 2. The minimum atomic E-state index is -3.07. The minimum Gasteiger partial charge on any atom is -0.475 e. The molecule has 10 heteroatoms. The molecule has 0 radical (unpaired) electrons. The maximum absolute atomic E-state index is 14.7. The third kappa shape index (κ3) is 3.20. The van der Waals surface area contributed by atoms with Crippen molar-refractivity contribution in [2.75, 3.05) is 6.61 Å². The predicted molar refractivity (Wildman–Crippen MR) is 92.1 cm³/mol. The molecule has 0 saturated heterocycles. The van der Waals surface area contributed by atoms with E-state index in [0.29, 0.717) is 4.48 Å². The number of nitrogens with zero attached hydrogens (tertiary/aromatic N) is 2.